The SMILES string of the molecule is COc1ccc(Cc2[nH]c(=O)nc3c2CCN3)cc1. The largest absolute Gasteiger partial charge is 0.497 e. The standard InChI is InChI=1S/C14H15N3O2/c1-19-10-4-2-9(3-5-10)8-12-11-6-7-15-13(11)17-14(18)16-12/h2-5H,6-8H2,1H3,(H2,15,16,17,18). The molecule has 2 heterocycles. The summed E-state index contributed by atoms with van der Waals surface area (Å²) in [6, 6.07) is 7.86. The highest BCUT2D eigenvalue weighted by atomic mass is 16.5. The molecule has 98 valence electrons. The van der Waals surface area contributed by atoms with E-state index in [4.69, 9.17) is 4.74 Å². The molecule has 1 aromatic heterocycles. The molecule has 0 amide bonds. The molecule has 5 nitrogen and oxygen atoms in total. The molecule has 1 aliphatic heterocycles. The number of nitrogens with zero attached hydrogens (tertiary/aromatic N) is 1. The first-order chi connectivity index (χ1) is 9.26. The summed E-state index contributed by atoms with van der Waals surface area (Å²) in [7, 11) is 1.65. The Morgan fingerprint density at radius 1 is 1.32 bits per heavy atom. The second kappa shape index (κ2) is 4.76. The summed E-state index contributed by atoms with van der Waals surface area (Å²) in [6.07, 6.45) is 1.61. The number of benzene rings is 1. The van der Waals surface area contributed by atoms with E-state index in [-0.39, 0.29) is 5.69 Å². The van der Waals surface area contributed by atoms with Gasteiger partial charge in [-0.1, -0.05) is 12.1 Å². The van der Waals surface area contributed by atoms with Crippen molar-refractivity contribution in [2.45, 2.75) is 12.8 Å². The number of aromatic nitrogens is 2. The minimum absolute atomic E-state index is 0.295. The monoisotopic (exact) mass is 257 g/mol. The molecular formula is C14H15N3O2. The van der Waals surface area contributed by atoms with Crippen LogP contribution in [0.3, 0.4) is 0 Å². The predicted molar refractivity (Wildman–Crippen MR) is 72.9 cm³/mol. The van der Waals surface area contributed by atoms with E-state index in [0.29, 0.717) is 6.42 Å². The number of ether oxygens (including phenoxy) is 1. The van der Waals surface area contributed by atoms with Gasteiger partial charge in [-0.2, -0.15) is 4.98 Å². The maximum atomic E-state index is 11.5. The lowest BCUT2D eigenvalue weighted by atomic mass is 10.0. The maximum absolute atomic E-state index is 11.5. The average molecular weight is 257 g/mol. The van der Waals surface area contributed by atoms with Crippen molar-refractivity contribution < 1.29 is 4.74 Å². The van der Waals surface area contributed by atoms with Crippen molar-refractivity contribution in [3.8, 4) is 5.75 Å². The van der Waals surface area contributed by atoms with Crippen LogP contribution >= 0.6 is 0 Å². The van der Waals surface area contributed by atoms with Crippen LogP contribution in [-0.4, -0.2) is 23.6 Å². The number of hydrogen-bond donors (Lipinski definition) is 2. The van der Waals surface area contributed by atoms with Gasteiger partial charge in [0, 0.05) is 24.2 Å². The summed E-state index contributed by atoms with van der Waals surface area (Å²) < 4.78 is 5.13. The molecule has 0 saturated carbocycles. The first kappa shape index (κ1) is 11.8. The minimum Gasteiger partial charge on any atom is -0.497 e. The topological polar surface area (TPSA) is 67.0 Å². The van der Waals surface area contributed by atoms with Gasteiger partial charge in [-0.3, -0.25) is 0 Å². The quantitative estimate of drug-likeness (QED) is 0.870. The van der Waals surface area contributed by atoms with Crippen LogP contribution < -0.4 is 15.7 Å². The third kappa shape index (κ3) is 2.31. The Morgan fingerprint density at radius 2 is 2.11 bits per heavy atom. The number of rotatable bonds is 3. The van der Waals surface area contributed by atoms with Crippen molar-refractivity contribution in [3.63, 3.8) is 0 Å². The third-order valence-corrected chi connectivity index (χ3v) is 3.33. The molecule has 2 N–H and O–H groups in total. The Bertz CT molecular complexity index is 647. The van der Waals surface area contributed by atoms with E-state index in [9.17, 15) is 4.79 Å². The van der Waals surface area contributed by atoms with E-state index < -0.39 is 0 Å². The van der Waals surface area contributed by atoms with Crippen molar-refractivity contribution in [1.82, 2.24) is 9.97 Å². The molecular weight excluding hydrogens is 242 g/mol. The van der Waals surface area contributed by atoms with Gasteiger partial charge in [0.15, 0.2) is 0 Å². The van der Waals surface area contributed by atoms with Crippen LogP contribution in [0.4, 0.5) is 5.82 Å². The molecule has 0 atom stereocenters. The van der Waals surface area contributed by atoms with Gasteiger partial charge >= 0.3 is 5.69 Å². The fourth-order valence-corrected chi connectivity index (χ4v) is 2.36. The molecule has 0 bridgehead atoms. The van der Waals surface area contributed by atoms with Crippen molar-refractivity contribution in [3.05, 3.63) is 51.6 Å². The van der Waals surface area contributed by atoms with E-state index in [1.54, 1.807) is 7.11 Å². The molecule has 1 aliphatic rings. The Labute approximate surface area is 110 Å². The van der Waals surface area contributed by atoms with Crippen LogP contribution in [0, 0.1) is 0 Å². The molecule has 5 heteroatoms. The Kier molecular flexibility index (Phi) is 2.95. The number of hydrogen-bond acceptors (Lipinski definition) is 4. The van der Waals surface area contributed by atoms with E-state index in [0.717, 1.165) is 41.4 Å². The average Bonchev–Trinajstić information content (AvgIpc) is 2.88. The summed E-state index contributed by atoms with van der Waals surface area (Å²) in [4.78, 5) is 18.3. The first-order valence-electron chi connectivity index (χ1n) is 6.25. The van der Waals surface area contributed by atoms with Gasteiger partial charge in [-0.15, -0.1) is 0 Å². The number of fused-ring (bicyclic) bond motifs is 1. The third-order valence-electron chi connectivity index (χ3n) is 3.33. The summed E-state index contributed by atoms with van der Waals surface area (Å²) in [5.74, 6) is 1.56. The van der Waals surface area contributed by atoms with Crippen LogP contribution in [0.25, 0.3) is 0 Å². The van der Waals surface area contributed by atoms with Gasteiger partial charge in [0.05, 0.1) is 7.11 Å². The zero-order chi connectivity index (χ0) is 13.2. The Morgan fingerprint density at radius 3 is 2.84 bits per heavy atom. The van der Waals surface area contributed by atoms with Crippen LogP contribution in [0.1, 0.15) is 16.8 Å². The summed E-state index contributed by atoms with van der Waals surface area (Å²) in [6.45, 7) is 0.842. The number of nitrogens with one attached hydrogen (secondary N) is 2. The lowest BCUT2D eigenvalue weighted by Gasteiger charge is -2.07. The normalized spacial score (nSPS) is 12.9. The van der Waals surface area contributed by atoms with E-state index in [1.165, 1.54) is 0 Å². The van der Waals surface area contributed by atoms with Crippen LogP contribution in [0.2, 0.25) is 0 Å². The van der Waals surface area contributed by atoms with Gasteiger partial charge in [0.1, 0.15) is 11.6 Å². The predicted octanol–water partition coefficient (Wildman–Crippen LogP) is 1.34. The van der Waals surface area contributed by atoms with Gasteiger partial charge < -0.3 is 15.0 Å². The first-order valence-corrected chi connectivity index (χ1v) is 6.25. The molecule has 0 fully saturated rings. The second-order valence-electron chi connectivity index (χ2n) is 4.55. The van der Waals surface area contributed by atoms with Crippen molar-refractivity contribution in [1.29, 1.82) is 0 Å². The van der Waals surface area contributed by atoms with E-state index in [2.05, 4.69) is 15.3 Å². The van der Waals surface area contributed by atoms with Gasteiger partial charge in [-0.05, 0) is 24.1 Å². The molecule has 0 radical (unpaired) electrons. The molecule has 0 unspecified atom stereocenters. The number of anilines is 1. The molecule has 3 rings (SSSR count). The zero-order valence-electron chi connectivity index (χ0n) is 10.7. The van der Waals surface area contributed by atoms with Gasteiger partial charge in [0.25, 0.3) is 0 Å². The van der Waals surface area contributed by atoms with Crippen molar-refractivity contribution in [2.24, 2.45) is 0 Å². The van der Waals surface area contributed by atoms with Crippen LogP contribution in [-0.2, 0) is 12.8 Å². The lowest BCUT2D eigenvalue weighted by Crippen LogP contribution is -2.15. The molecule has 0 saturated heterocycles. The summed E-state index contributed by atoms with van der Waals surface area (Å²) >= 11 is 0. The molecule has 2 aromatic rings. The van der Waals surface area contributed by atoms with Crippen molar-refractivity contribution in [2.75, 3.05) is 19.0 Å². The number of methoxy groups -OCH3 is 1. The van der Waals surface area contributed by atoms with Crippen molar-refractivity contribution >= 4 is 5.82 Å². The van der Waals surface area contributed by atoms with Gasteiger partial charge in [-0.25, -0.2) is 4.79 Å². The van der Waals surface area contributed by atoms with E-state index in [1.807, 2.05) is 24.3 Å². The number of H-pyrrole nitrogens is 1. The van der Waals surface area contributed by atoms with E-state index >= 15 is 0 Å². The fourth-order valence-electron chi connectivity index (χ4n) is 2.36. The highest BCUT2D eigenvalue weighted by Gasteiger charge is 2.17. The lowest BCUT2D eigenvalue weighted by molar-refractivity contribution is 0.414. The number of aromatic amines is 1. The Balaban J connectivity index is 1.92. The second-order valence-corrected chi connectivity index (χ2v) is 4.55. The van der Waals surface area contributed by atoms with Gasteiger partial charge in [0.2, 0.25) is 0 Å². The van der Waals surface area contributed by atoms with Crippen LogP contribution in [0.15, 0.2) is 29.1 Å². The summed E-state index contributed by atoms with van der Waals surface area (Å²) in [5.41, 5.74) is 2.91. The zero-order valence-corrected chi connectivity index (χ0v) is 10.7. The Hall–Kier alpha value is -2.30. The molecule has 0 spiro atoms. The molecule has 19 heavy (non-hydrogen) atoms. The van der Waals surface area contributed by atoms with Crippen LogP contribution in [0.5, 0.6) is 5.75 Å². The molecule has 0 aliphatic carbocycles. The smallest absolute Gasteiger partial charge is 0.347 e. The fraction of sp³-hybridized carbons (Fsp3) is 0.286. The molecule has 1 aromatic carbocycles. The highest BCUT2D eigenvalue weighted by Crippen LogP contribution is 2.22. The maximum Gasteiger partial charge on any atom is 0.347 e. The minimum atomic E-state index is -0.295. The highest BCUT2D eigenvalue weighted by molar-refractivity contribution is 5.51. The summed E-state index contributed by atoms with van der Waals surface area (Å²) in [5, 5.41) is 3.13.